The molecule has 2 unspecified atom stereocenters. The van der Waals surface area contributed by atoms with Crippen molar-refractivity contribution < 1.29 is 9.47 Å². The molecule has 2 aliphatic rings. The van der Waals surface area contributed by atoms with E-state index in [0.717, 1.165) is 43.8 Å². The third-order valence-corrected chi connectivity index (χ3v) is 4.48. The summed E-state index contributed by atoms with van der Waals surface area (Å²) >= 11 is 0. The summed E-state index contributed by atoms with van der Waals surface area (Å²) in [5.41, 5.74) is 0. The Labute approximate surface area is 99.7 Å². The van der Waals surface area contributed by atoms with Crippen LogP contribution in [0.5, 0.6) is 0 Å². The minimum atomic E-state index is -0.221. The van der Waals surface area contributed by atoms with Crippen molar-refractivity contribution in [2.45, 2.75) is 52.2 Å². The average molecular weight is 225 g/mol. The molecular formula is C14H25O2. The first-order valence-corrected chi connectivity index (χ1v) is 6.82. The molecule has 16 heavy (non-hydrogen) atoms. The van der Waals surface area contributed by atoms with Crippen molar-refractivity contribution >= 4 is 0 Å². The molecule has 1 aliphatic carbocycles. The Morgan fingerprint density at radius 2 is 1.56 bits per heavy atom. The quantitative estimate of drug-likeness (QED) is 0.732. The zero-order chi connectivity index (χ0) is 11.6. The van der Waals surface area contributed by atoms with E-state index in [0.29, 0.717) is 0 Å². The normalized spacial score (nSPS) is 38.1. The third kappa shape index (κ3) is 2.14. The Bertz CT molecular complexity index is 205. The van der Waals surface area contributed by atoms with Crippen molar-refractivity contribution in [3.05, 3.63) is 6.42 Å². The van der Waals surface area contributed by atoms with Crippen LogP contribution in [-0.4, -0.2) is 19.0 Å². The van der Waals surface area contributed by atoms with Crippen LogP contribution in [0, 0.1) is 24.2 Å². The lowest BCUT2D eigenvalue weighted by atomic mass is 9.66. The first-order valence-electron chi connectivity index (χ1n) is 6.82. The Kier molecular flexibility index (Phi) is 3.91. The SMILES string of the molecule is C[CH]C1C(CC)CC2(CC1CC)OCCO2. The standard InChI is InChI=1S/C14H25O2/c1-4-11-9-14(15-7-8-16-14)10-12(5-2)13(11)6-3/h6,11-13H,4-5,7-10H2,1-3H3. The van der Waals surface area contributed by atoms with Crippen LogP contribution in [0.25, 0.3) is 0 Å². The van der Waals surface area contributed by atoms with Gasteiger partial charge in [-0.15, -0.1) is 0 Å². The van der Waals surface area contributed by atoms with Crippen LogP contribution in [0.2, 0.25) is 0 Å². The predicted molar refractivity (Wildman–Crippen MR) is 64.9 cm³/mol. The van der Waals surface area contributed by atoms with Gasteiger partial charge in [-0.1, -0.05) is 33.6 Å². The molecule has 2 rings (SSSR count). The van der Waals surface area contributed by atoms with Crippen LogP contribution in [0.4, 0.5) is 0 Å². The molecule has 1 saturated carbocycles. The van der Waals surface area contributed by atoms with Gasteiger partial charge in [0.15, 0.2) is 5.79 Å². The molecule has 93 valence electrons. The maximum absolute atomic E-state index is 5.90. The summed E-state index contributed by atoms with van der Waals surface area (Å²) in [4.78, 5) is 0. The molecule has 0 aromatic heterocycles. The van der Waals surface area contributed by atoms with Gasteiger partial charge in [0.2, 0.25) is 0 Å². The lowest BCUT2D eigenvalue weighted by Gasteiger charge is -2.45. The van der Waals surface area contributed by atoms with E-state index in [2.05, 4.69) is 27.2 Å². The fraction of sp³-hybridized carbons (Fsp3) is 0.929. The second kappa shape index (κ2) is 5.05. The van der Waals surface area contributed by atoms with Gasteiger partial charge in [-0.25, -0.2) is 0 Å². The van der Waals surface area contributed by atoms with Gasteiger partial charge in [0.05, 0.1) is 13.2 Å². The maximum Gasteiger partial charge on any atom is 0.169 e. The average Bonchev–Trinajstić information content (AvgIpc) is 2.76. The Morgan fingerprint density at radius 1 is 1.06 bits per heavy atom. The van der Waals surface area contributed by atoms with Gasteiger partial charge in [0, 0.05) is 12.8 Å². The molecule has 1 radical (unpaired) electrons. The molecule has 2 nitrogen and oxygen atoms in total. The van der Waals surface area contributed by atoms with Crippen molar-refractivity contribution in [2.75, 3.05) is 13.2 Å². The van der Waals surface area contributed by atoms with E-state index in [1.54, 1.807) is 0 Å². The largest absolute Gasteiger partial charge is 0.348 e. The molecule has 0 aromatic rings. The maximum atomic E-state index is 5.90. The number of rotatable bonds is 3. The van der Waals surface area contributed by atoms with Crippen molar-refractivity contribution in [2.24, 2.45) is 17.8 Å². The van der Waals surface area contributed by atoms with Gasteiger partial charge < -0.3 is 9.47 Å². The molecule has 2 fully saturated rings. The summed E-state index contributed by atoms with van der Waals surface area (Å²) in [7, 11) is 0. The van der Waals surface area contributed by atoms with Crippen LogP contribution >= 0.6 is 0 Å². The van der Waals surface area contributed by atoms with Gasteiger partial charge in [0.1, 0.15) is 0 Å². The summed E-state index contributed by atoms with van der Waals surface area (Å²) < 4.78 is 11.8. The highest BCUT2D eigenvalue weighted by Gasteiger charge is 2.47. The fourth-order valence-corrected chi connectivity index (χ4v) is 3.65. The molecule has 1 aliphatic heterocycles. The van der Waals surface area contributed by atoms with Crippen LogP contribution in [0.1, 0.15) is 46.5 Å². The predicted octanol–water partition coefficient (Wildman–Crippen LogP) is 3.42. The van der Waals surface area contributed by atoms with Crippen LogP contribution in [0.3, 0.4) is 0 Å². The van der Waals surface area contributed by atoms with Crippen molar-refractivity contribution in [3.63, 3.8) is 0 Å². The van der Waals surface area contributed by atoms with Crippen molar-refractivity contribution in [3.8, 4) is 0 Å². The summed E-state index contributed by atoms with van der Waals surface area (Å²) in [6, 6.07) is 0. The molecule has 0 aromatic carbocycles. The van der Waals surface area contributed by atoms with E-state index in [4.69, 9.17) is 9.47 Å². The highest BCUT2D eigenvalue weighted by Crippen LogP contribution is 2.47. The molecule has 2 atom stereocenters. The summed E-state index contributed by atoms with van der Waals surface area (Å²) in [6.45, 7) is 8.37. The lowest BCUT2D eigenvalue weighted by Crippen LogP contribution is -2.44. The molecule has 1 spiro atoms. The van der Waals surface area contributed by atoms with Gasteiger partial charge >= 0.3 is 0 Å². The van der Waals surface area contributed by atoms with Gasteiger partial charge in [-0.3, -0.25) is 0 Å². The summed E-state index contributed by atoms with van der Waals surface area (Å²) in [6.07, 6.45) is 7.06. The van der Waals surface area contributed by atoms with Gasteiger partial charge in [-0.2, -0.15) is 0 Å². The molecular weight excluding hydrogens is 200 g/mol. The van der Waals surface area contributed by atoms with Crippen LogP contribution in [0.15, 0.2) is 0 Å². The zero-order valence-electron chi connectivity index (χ0n) is 10.9. The van der Waals surface area contributed by atoms with Gasteiger partial charge in [-0.05, 0) is 24.2 Å². The number of hydrogen-bond acceptors (Lipinski definition) is 2. The molecule has 1 heterocycles. The molecule has 2 heteroatoms. The first kappa shape index (κ1) is 12.4. The molecule has 0 amide bonds. The lowest BCUT2D eigenvalue weighted by molar-refractivity contribution is -0.206. The van der Waals surface area contributed by atoms with Crippen LogP contribution in [-0.2, 0) is 9.47 Å². The Hall–Kier alpha value is -0.0800. The second-order valence-corrected chi connectivity index (χ2v) is 5.26. The van der Waals surface area contributed by atoms with Crippen LogP contribution < -0.4 is 0 Å². The molecule has 0 N–H and O–H groups in total. The topological polar surface area (TPSA) is 18.5 Å². The fourth-order valence-electron chi connectivity index (χ4n) is 3.65. The van der Waals surface area contributed by atoms with E-state index in [1.165, 1.54) is 12.8 Å². The minimum Gasteiger partial charge on any atom is -0.348 e. The first-order chi connectivity index (χ1) is 7.74. The van der Waals surface area contributed by atoms with E-state index >= 15 is 0 Å². The third-order valence-electron chi connectivity index (χ3n) is 4.48. The van der Waals surface area contributed by atoms with Crippen molar-refractivity contribution in [1.82, 2.24) is 0 Å². The Morgan fingerprint density at radius 3 is 1.94 bits per heavy atom. The summed E-state index contributed by atoms with van der Waals surface area (Å²) in [5.74, 6) is 2.01. The highest BCUT2D eigenvalue weighted by molar-refractivity contribution is 4.95. The Balaban J connectivity index is 2.12. The highest BCUT2D eigenvalue weighted by atomic mass is 16.7. The monoisotopic (exact) mass is 225 g/mol. The van der Waals surface area contributed by atoms with E-state index < -0.39 is 0 Å². The van der Waals surface area contributed by atoms with E-state index in [1.807, 2.05) is 0 Å². The van der Waals surface area contributed by atoms with Gasteiger partial charge in [0.25, 0.3) is 0 Å². The zero-order valence-corrected chi connectivity index (χ0v) is 10.9. The minimum absolute atomic E-state index is 0.221. The smallest absolute Gasteiger partial charge is 0.169 e. The molecule has 1 saturated heterocycles. The van der Waals surface area contributed by atoms with Crippen molar-refractivity contribution in [1.29, 1.82) is 0 Å². The second-order valence-electron chi connectivity index (χ2n) is 5.26. The summed E-state index contributed by atoms with van der Waals surface area (Å²) in [5, 5.41) is 0. The number of hydrogen-bond donors (Lipinski definition) is 0. The number of ether oxygens (including phenoxy) is 2. The van der Waals surface area contributed by atoms with E-state index in [-0.39, 0.29) is 5.79 Å². The molecule has 0 bridgehead atoms. The van der Waals surface area contributed by atoms with E-state index in [9.17, 15) is 0 Å².